The third kappa shape index (κ3) is 4.13. The summed E-state index contributed by atoms with van der Waals surface area (Å²) in [7, 11) is -3.92. The number of rotatable bonds is 5. The average molecular weight is 356 g/mol. The maximum atomic E-state index is 14.2. The number of sulfonamides is 1. The zero-order chi connectivity index (χ0) is 18.0. The molecule has 2 rings (SSSR count). The van der Waals surface area contributed by atoms with Crippen molar-refractivity contribution >= 4 is 15.9 Å². The Morgan fingerprint density at radius 3 is 2.46 bits per heavy atom. The van der Waals surface area contributed by atoms with Gasteiger partial charge < -0.3 is 5.32 Å². The van der Waals surface area contributed by atoms with Gasteiger partial charge in [0.2, 0.25) is 10.0 Å². The molecule has 0 bridgehead atoms. The van der Waals surface area contributed by atoms with Crippen LogP contribution >= 0.6 is 0 Å². The normalized spacial score (nSPS) is 16.8. The van der Waals surface area contributed by atoms with Crippen molar-refractivity contribution in [2.24, 2.45) is 0 Å². The van der Waals surface area contributed by atoms with Gasteiger partial charge in [0, 0.05) is 24.2 Å². The number of nitrogens with one attached hydrogen (secondary N) is 1. The maximum absolute atomic E-state index is 14.2. The van der Waals surface area contributed by atoms with Gasteiger partial charge in [-0.1, -0.05) is 13.3 Å². The quantitative estimate of drug-likeness (QED) is 0.882. The Morgan fingerprint density at radius 1 is 1.25 bits per heavy atom. The van der Waals surface area contributed by atoms with Crippen LogP contribution in [0.1, 0.15) is 56.8 Å². The number of hydrogen-bond acceptors (Lipinski definition) is 3. The molecule has 1 aromatic rings. The maximum Gasteiger partial charge on any atom is 0.251 e. The van der Waals surface area contributed by atoms with Gasteiger partial charge in [0.05, 0.1) is 0 Å². The van der Waals surface area contributed by atoms with Crippen molar-refractivity contribution in [3.63, 3.8) is 0 Å². The molecule has 1 heterocycles. The lowest BCUT2D eigenvalue weighted by atomic mass is 10.0. The van der Waals surface area contributed by atoms with Crippen LogP contribution in [0.15, 0.2) is 23.1 Å². The monoisotopic (exact) mass is 356 g/mol. The summed E-state index contributed by atoms with van der Waals surface area (Å²) in [4.78, 5) is 11.9. The molecular weight excluding hydrogens is 331 g/mol. The number of halogens is 1. The lowest BCUT2D eigenvalue weighted by molar-refractivity contribution is 0.0911. The van der Waals surface area contributed by atoms with Crippen LogP contribution in [0.2, 0.25) is 0 Å². The lowest BCUT2D eigenvalue weighted by Gasteiger charge is -2.26. The number of nitrogens with zero attached hydrogens (tertiary/aromatic N) is 1. The fraction of sp³-hybridized carbons (Fsp3) is 0.588. The van der Waals surface area contributed by atoms with E-state index in [1.165, 1.54) is 10.4 Å². The van der Waals surface area contributed by atoms with E-state index in [0.29, 0.717) is 13.1 Å². The molecule has 5 nitrogen and oxygen atoms in total. The van der Waals surface area contributed by atoms with Gasteiger partial charge in [0.1, 0.15) is 10.7 Å². The summed E-state index contributed by atoms with van der Waals surface area (Å²) >= 11 is 0. The predicted octanol–water partition coefficient (Wildman–Crippen LogP) is 2.92. The fourth-order valence-corrected chi connectivity index (χ4v) is 4.16. The van der Waals surface area contributed by atoms with Crippen molar-refractivity contribution in [1.82, 2.24) is 9.62 Å². The summed E-state index contributed by atoms with van der Waals surface area (Å²) in [6, 6.07) is 3.50. The molecule has 1 saturated heterocycles. The molecule has 1 aromatic carbocycles. The smallest absolute Gasteiger partial charge is 0.251 e. The Hall–Kier alpha value is -1.47. The molecule has 0 aromatic heterocycles. The minimum absolute atomic E-state index is 0.147. The molecule has 7 heteroatoms. The van der Waals surface area contributed by atoms with E-state index in [1.807, 2.05) is 20.8 Å². The molecule has 1 amide bonds. The highest BCUT2D eigenvalue weighted by Gasteiger charge is 2.30. The Balaban J connectivity index is 2.33. The average Bonchev–Trinajstić information content (AvgIpc) is 2.55. The summed E-state index contributed by atoms with van der Waals surface area (Å²) in [6.45, 7) is 6.47. The highest BCUT2D eigenvalue weighted by Crippen LogP contribution is 2.24. The molecule has 1 aliphatic rings. The molecule has 0 atom stereocenters. The SMILES string of the molecule is CCC(C)(C)NC(=O)c1ccc(F)c(S(=O)(=O)N2CCCCC2)c1. The van der Waals surface area contributed by atoms with Crippen LogP contribution in [0.5, 0.6) is 0 Å². The van der Waals surface area contributed by atoms with Gasteiger partial charge in [0.25, 0.3) is 5.91 Å². The highest BCUT2D eigenvalue weighted by atomic mass is 32.2. The lowest BCUT2D eigenvalue weighted by Crippen LogP contribution is -2.43. The van der Waals surface area contributed by atoms with Crippen LogP contribution in [-0.2, 0) is 10.0 Å². The largest absolute Gasteiger partial charge is 0.347 e. The molecule has 0 spiro atoms. The summed E-state index contributed by atoms with van der Waals surface area (Å²) in [6.07, 6.45) is 3.24. The Bertz CT molecular complexity index is 711. The Kier molecular flexibility index (Phi) is 5.65. The second-order valence-electron chi connectivity index (χ2n) is 6.80. The number of amides is 1. The molecular formula is C17H25FN2O3S. The second-order valence-corrected chi connectivity index (χ2v) is 8.71. The highest BCUT2D eigenvalue weighted by molar-refractivity contribution is 7.89. The Morgan fingerprint density at radius 2 is 1.88 bits per heavy atom. The molecule has 0 unspecified atom stereocenters. The minimum atomic E-state index is -3.92. The van der Waals surface area contributed by atoms with Crippen molar-refractivity contribution in [1.29, 1.82) is 0 Å². The van der Waals surface area contributed by atoms with Crippen LogP contribution in [0, 0.1) is 5.82 Å². The second kappa shape index (κ2) is 7.19. The van der Waals surface area contributed by atoms with E-state index in [-0.39, 0.29) is 5.56 Å². The van der Waals surface area contributed by atoms with Gasteiger partial charge in [0.15, 0.2) is 0 Å². The van der Waals surface area contributed by atoms with Crippen molar-refractivity contribution in [2.45, 2.75) is 56.9 Å². The zero-order valence-corrected chi connectivity index (χ0v) is 15.2. The van der Waals surface area contributed by atoms with Gasteiger partial charge in [-0.3, -0.25) is 4.79 Å². The van der Waals surface area contributed by atoms with Crippen LogP contribution < -0.4 is 5.32 Å². The first-order valence-corrected chi connectivity index (χ1v) is 9.73. The molecule has 0 aliphatic carbocycles. The zero-order valence-electron chi connectivity index (χ0n) is 14.4. The molecule has 1 fully saturated rings. The Labute approximate surface area is 143 Å². The first kappa shape index (κ1) is 18.9. The number of carbonyl (C=O) groups is 1. The van der Waals surface area contributed by atoms with Gasteiger partial charge in [-0.2, -0.15) is 4.31 Å². The molecule has 134 valence electrons. The molecule has 0 radical (unpaired) electrons. The van der Waals surface area contributed by atoms with E-state index < -0.39 is 32.2 Å². The first-order chi connectivity index (χ1) is 11.2. The van der Waals surface area contributed by atoms with E-state index >= 15 is 0 Å². The van der Waals surface area contributed by atoms with Crippen LogP contribution in [-0.4, -0.2) is 37.3 Å². The summed E-state index contributed by atoms with van der Waals surface area (Å²) < 4.78 is 40.8. The third-order valence-corrected chi connectivity index (χ3v) is 6.38. The number of piperidine rings is 1. The summed E-state index contributed by atoms with van der Waals surface area (Å²) in [5.41, 5.74) is -0.273. The molecule has 0 saturated carbocycles. The van der Waals surface area contributed by atoms with E-state index in [1.54, 1.807) is 0 Å². The predicted molar refractivity (Wildman–Crippen MR) is 90.8 cm³/mol. The van der Waals surface area contributed by atoms with Crippen molar-refractivity contribution < 1.29 is 17.6 Å². The van der Waals surface area contributed by atoms with Crippen molar-refractivity contribution in [3.05, 3.63) is 29.6 Å². The molecule has 24 heavy (non-hydrogen) atoms. The van der Waals surface area contributed by atoms with Gasteiger partial charge in [-0.05, 0) is 51.3 Å². The van der Waals surface area contributed by atoms with Crippen LogP contribution in [0.25, 0.3) is 0 Å². The standard InChI is InChI=1S/C17H25FN2O3S/c1-4-17(2,3)19-16(21)13-8-9-14(18)15(12-13)24(22,23)20-10-6-5-7-11-20/h8-9,12H,4-7,10-11H2,1-3H3,(H,19,21). The summed E-state index contributed by atoms with van der Waals surface area (Å²) in [5.74, 6) is -1.23. The van der Waals surface area contributed by atoms with Gasteiger partial charge >= 0.3 is 0 Å². The number of benzene rings is 1. The van der Waals surface area contributed by atoms with Gasteiger partial charge in [-0.25, -0.2) is 12.8 Å². The third-order valence-electron chi connectivity index (χ3n) is 4.46. The number of hydrogen-bond donors (Lipinski definition) is 1. The van der Waals surface area contributed by atoms with Crippen molar-refractivity contribution in [2.75, 3.05) is 13.1 Å². The van der Waals surface area contributed by atoms with E-state index in [0.717, 1.165) is 37.8 Å². The molecule has 1 N–H and O–H groups in total. The van der Waals surface area contributed by atoms with Gasteiger partial charge in [-0.15, -0.1) is 0 Å². The van der Waals surface area contributed by atoms with Crippen LogP contribution in [0.4, 0.5) is 4.39 Å². The minimum Gasteiger partial charge on any atom is -0.347 e. The van der Waals surface area contributed by atoms with E-state index in [9.17, 15) is 17.6 Å². The topological polar surface area (TPSA) is 66.5 Å². The summed E-state index contributed by atoms with van der Waals surface area (Å²) in [5, 5.41) is 2.83. The molecule has 1 aliphatic heterocycles. The first-order valence-electron chi connectivity index (χ1n) is 8.29. The fourth-order valence-electron chi connectivity index (χ4n) is 2.55. The van der Waals surface area contributed by atoms with E-state index in [2.05, 4.69) is 5.32 Å². The number of carbonyl (C=O) groups excluding carboxylic acids is 1. The van der Waals surface area contributed by atoms with Crippen molar-refractivity contribution in [3.8, 4) is 0 Å². The van der Waals surface area contributed by atoms with Crippen LogP contribution in [0.3, 0.4) is 0 Å². The van der Waals surface area contributed by atoms with E-state index in [4.69, 9.17) is 0 Å².